The normalized spacial score (nSPS) is 11.3. The third-order valence-electron chi connectivity index (χ3n) is 2.13. The van der Waals surface area contributed by atoms with Crippen LogP contribution >= 0.6 is 11.8 Å². The maximum Gasteiger partial charge on any atom is 0.158 e. The number of ether oxygens (including phenoxy) is 2. The Morgan fingerprint density at radius 3 is 2.41 bits per heavy atom. The first-order chi connectivity index (χ1) is 8.35. The van der Waals surface area contributed by atoms with E-state index in [1.54, 1.807) is 0 Å². The summed E-state index contributed by atoms with van der Waals surface area (Å²) in [6.07, 6.45) is 1.71. The molecular formula is C12H27NO3S. The number of aliphatic hydroxyl groups is 1. The average molecular weight is 265 g/mol. The third-order valence-corrected chi connectivity index (χ3v) is 3.20. The zero-order valence-corrected chi connectivity index (χ0v) is 11.9. The van der Waals surface area contributed by atoms with Crippen molar-refractivity contribution in [1.29, 1.82) is 0 Å². The first-order valence-corrected chi connectivity index (χ1v) is 7.63. The Bertz CT molecular complexity index is 144. The summed E-state index contributed by atoms with van der Waals surface area (Å²) in [5.74, 6) is 2.13. The maximum absolute atomic E-state index is 8.61. The largest absolute Gasteiger partial charge is 0.396 e. The van der Waals surface area contributed by atoms with Gasteiger partial charge in [0, 0.05) is 38.5 Å². The molecule has 17 heavy (non-hydrogen) atoms. The van der Waals surface area contributed by atoms with Gasteiger partial charge in [-0.3, -0.25) is 0 Å². The van der Waals surface area contributed by atoms with Crippen LogP contribution in [0.1, 0.15) is 26.7 Å². The molecule has 0 spiro atoms. The van der Waals surface area contributed by atoms with Gasteiger partial charge in [-0.1, -0.05) is 0 Å². The lowest BCUT2D eigenvalue weighted by molar-refractivity contribution is -0.138. The van der Waals surface area contributed by atoms with Crippen LogP contribution in [0.5, 0.6) is 0 Å². The molecule has 0 aromatic carbocycles. The van der Waals surface area contributed by atoms with Crippen molar-refractivity contribution in [3.05, 3.63) is 0 Å². The van der Waals surface area contributed by atoms with E-state index in [1.165, 1.54) is 0 Å². The van der Waals surface area contributed by atoms with Crippen LogP contribution in [-0.2, 0) is 9.47 Å². The Morgan fingerprint density at radius 2 is 1.82 bits per heavy atom. The van der Waals surface area contributed by atoms with E-state index in [0.717, 1.165) is 37.4 Å². The second kappa shape index (κ2) is 14.3. The molecule has 2 N–H and O–H groups in total. The smallest absolute Gasteiger partial charge is 0.158 e. The van der Waals surface area contributed by atoms with Gasteiger partial charge in [0.15, 0.2) is 6.29 Å². The molecule has 0 rings (SSSR count). The molecule has 0 radical (unpaired) electrons. The van der Waals surface area contributed by atoms with Crippen LogP contribution in [-0.4, -0.2) is 55.8 Å². The lowest BCUT2D eigenvalue weighted by atomic mass is 10.4. The highest BCUT2D eigenvalue weighted by Crippen LogP contribution is 2.01. The molecule has 0 amide bonds. The molecule has 0 aliphatic rings. The van der Waals surface area contributed by atoms with Gasteiger partial charge < -0.3 is 19.9 Å². The van der Waals surface area contributed by atoms with Crippen molar-refractivity contribution in [2.75, 3.05) is 44.4 Å². The number of hydrogen-bond donors (Lipinski definition) is 2. The number of rotatable bonds is 13. The van der Waals surface area contributed by atoms with Gasteiger partial charge >= 0.3 is 0 Å². The monoisotopic (exact) mass is 265 g/mol. The molecule has 4 nitrogen and oxygen atoms in total. The average Bonchev–Trinajstić information content (AvgIpc) is 2.33. The molecule has 104 valence electrons. The van der Waals surface area contributed by atoms with Crippen LogP contribution < -0.4 is 5.32 Å². The fourth-order valence-electron chi connectivity index (χ4n) is 1.34. The lowest BCUT2D eigenvalue weighted by Crippen LogP contribution is -2.26. The van der Waals surface area contributed by atoms with Gasteiger partial charge in [-0.05, 0) is 32.6 Å². The van der Waals surface area contributed by atoms with Crippen LogP contribution in [0.2, 0.25) is 0 Å². The predicted octanol–water partition coefficient (Wildman–Crippen LogP) is 1.48. The van der Waals surface area contributed by atoms with Crippen molar-refractivity contribution >= 4 is 11.8 Å². The van der Waals surface area contributed by atoms with E-state index in [4.69, 9.17) is 14.6 Å². The minimum absolute atomic E-state index is 0.0699. The van der Waals surface area contributed by atoms with E-state index in [2.05, 4.69) is 5.32 Å². The zero-order chi connectivity index (χ0) is 12.8. The van der Waals surface area contributed by atoms with Crippen LogP contribution in [0.4, 0.5) is 0 Å². The summed E-state index contributed by atoms with van der Waals surface area (Å²) >= 11 is 1.87. The van der Waals surface area contributed by atoms with Gasteiger partial charge in [0.05, 0.1) is 0 Å². The van der Waals surface area contributed by atoms with E-state index in [1.807, 2.05) is 25.6 Å². The highest BCUT2D eigenvalue weighted by Gasteiger charge is 2.06. The Morgan fingerprint density at radius 1 is 1.12 bits per heavy atom. The minimum Gasteiger partial charge on any atom is -0.396 e. The van der Waals surface area contributed by atoms with Gasteiger partial charge in [-0.25, -0.2) is 0 Å². The molecule has 0 aromatic heterocycles. The molecule has 0 saturated heterocycles. The van der Waals surface area contributed by atoms with Crippen molar-refractivity contribution in [1.82, 2.24) is 5.32 Å². The second-order valence-corrected chi connectivity index (χ2v) is 4.79. The van der Waals surface area contributed by atoms with Gasteiger partial charge in [0.1, 0.15) is 0 Å². The third kappa shape index (κ3) is 12.4. The summed E-state index contributed by atoms with van der Waals surface area (Å²) < 4.78 is 10.9. The highest BCUT2D eigenvalue weighted by molar-refractivity contribution is 7.99. The molecule has 0 atom stereocenters. The Kier molecular flexibility index (Phi) is 14.4. The molecule has 0 fully saturated rings. The van der Waals surface area contributed by atoms with Gasteiger partial charge in [0.25, 0.3) is 0 Å². The van der Waals surface area contributed by atoms with E-state index in [0.29, 0.717) is 19.8 Å². The van der Waals surface area contributed by atoms with E-state index < -0.39 is 0 Å². The summed E-state index contributed by atoms with van der Waals surface area (Å²) in [4.78, 5) is 0. The molecule has 0 aliphatic heterocycles. The summed E-state index contributed by atoms with van der Waals surface area (Å²) in [5.41, 5.74) is 0. The van der Waals surface area contributed by atoms with E-state index in [-0.39, 0.29) is 6.29 Å². The van der Waals surface area contributed by atoms with Crippen molar-refractivity contribution in [3.63, 3.8) is 0 Å². The molecule has 0 bridgehead atoms. The lowest BCUT2D eigenvalue weighted by Gasteiger charge is -2.16. The molecular weight excluding hydrogens is 238 g/mol. The van der Waals surface area contributed by atoms with Crippen LogP contribution in [0.3, 0.4) is 0 Å². The van der Waals surface area contributed by atoms with Crippen molar-refractivity contribution in [2.45, 2.75) is 33.0 Å². The first kappa shape index (κ1) is 17.2. The number of nitrogens with one attached hydrogen (secondary N) is 1. The van der Waals surface area contributed by atoms with Crippen LogP contribution in [0.25, 0.3) is 0 Å². The highest BCUT2D eigenvalue weighted by atomic mass is 32.2. The molecule has 5 heteroatoms. The Hall–Kier alpha value is 0.190. The fraction of sp³-hybridized carbons (Fsp3) is 1.00. The summed E-state index contributed by atoms with van der Waals surface area (Å²) in [6.45, 7) is 7.58. The van der Waals surface area contributed by atoms with Gasteiger partial charge in [-0.15, -0.1) is 0 Å². The van der Waals surface area contributed by atoms with Crippen LogP contribution in [0, 0.1) is 0 Å². The summed E-state index contributed by atoms with van der Waals surface area (Å²) in [6, 6.07) is 0. The van der Waals surface area contributed by atoms with E-state index in [9.17, 15) is 0 Å². The maximum atomic E-state index is 8.61. The summed E-state index contributed by atoms with van der Waals surface area (Å²) in [7, 11) is 0. The molecule has 0 aliphatic carbocycles. The zero-order valence-electron chi connectivity index (χ0n) is 11.1. The SMILES string of the molecule is CCOC(CCNCCSCCCO)OCC. The number of aliphatic hydroxyl groups excluding tert-OH is 1. The van der Waals surface area contributed by atoms with Crippen molar-refractivity contribution < 1.29 is 14.6 Å². The quantitative estimate of drug-likeness (QED) is 0.390. The fourth-order valence-corrected chi connectivity index (χ4v) is 2.17. The van der Waals surface area contributed by atoms with Gasteiger partial charge in [-0.2, -0.15) is 11.8 Å². The van der Waals surface area contributed by atoms with Crippen LogP contribution in [0.15, 0.2) is 0 Å². The molecule has 0 unspecified atom stereocenters. The summed E-state index contributed by atoms with van der Waals surface area (Å²) in [5, 5.41) is 12.0. The number of hydrogen-bond acceptors (Lipinski definition) is 5. The van der Waals surface area contributed by atoms with Crippen molar-refractivity contribution in [2.24, 2.45) is 0 Å². The Labute approximate surface area is 109 Å². The van der Waals surface area contributed by atoms with Gasteiger partial charge in [0.2, 0.25) is 0 Å². The molecule has 0 saturated carbocycles. The number of thioether (sulfide) groups is 1. The first-order valence-electron chi connectivity index (χ1n) is 6.47. The predicted molar refractivity (Wildman–Crippen MR) is 73.6 cm³/mol. The molecule has 0 heterocycles. The second-order valence-electron chi connectivity index (χ2n) is 3.57. The molecule has 0 aromatic rings. The topological polar surface area (TPSA) is 50.7 Å². The Balaban J connectivity index is 3.23. The van der Waals surface area contributed by atoms with E-state index >= 15 is 0 Å². The van der Waals surface area contributed by atoms with Crippen molar-refractivity contribution in [3.8, 4) is 0 Å². The minimum atomic E-state index is -0.0699. The standard InChI is InChI=1S/C12H27NO3S/c1-3-15-12(16-4-2)6-7-13-8-11-17-10-5-9-14/h12-14H,3-11H2,1-2H3.